The summed E-state index contributed by atoms with van der Waals surface area (Å²) in [6.07, 6.45) is 1.98. The molecule has 1 aliphatic heterocycles. The number of rotatable bonds is 14. The van der Waals surface area contributed by atoms with Crippen molar-refractivity contribution in [1.82, 2.24) is 9.55 Å². The van der Waals surface area contributed by atoms with Gasteiger partial charge in [0.05, 0.1) is 22.4 Å². The average Bonchev–Trinajstić information content (AvgIpc) is 1.79. The minimum absolute atomic E-state index is 0.0624. The van der Waals surface area contributed by atoms with Crippen LogP contribution in [0.2, 0.25) is 0 Å². The highest BCUT2D eigenvalue weighted by molar-refractivity contribution is 6.10. The Morgan fingerprint density at radius 2 is 0.685 bits per heavy atom. The largest absolute Gasteiger partial charge is 0.321 e. The standard InChI is InChI=1S/C85H76N4/c1-81(2,3)66-50-51-86-80(58-66)89-76-49-47-69(83(6,60-30-15-9-16-31-60)61-32-17-10-18-33-61)56-75(76)74-48-46-68(57-79(74)89)82(4,5)67-42-29-43-72(53-67)87-59-88(78-45-28-27-44-77(78)87)73-54-70(84(7,62-34-19-11-20-35-62)63-36-21-12-22-37-63)52-71(55-73)85(8,64-38-23-13-24-39-64)65-40-25-14-26-41-65/h9-58H,59H2,1-8H3. The third kappa shape index (κ3) is 9.74. The summed E-state index contributed by atoms with van der Waals surface area (Å²) in [5.74, 6) is 0.917. The summed E-state index contributed by atoms with van der Waals surface area (Å²) >= 11 is 0. The molecule has 0 bridgehead atoms. The van der Waals surface area contributed by atoms with Gasteiger partial charge in [-0.1, -0.05) is 265 Å². The molecular weight excluding hydrogens is 1080 g/mol. The molecule has 2 aromatic heterocycles. The van der Waals surface area contributed by atoms with E-state index in [0.717, 1.165) is 28.2 Å². The van der Waals surface area contributed by atoms with Gasteiger partial charge in [-0.05, 0) is 160 Å². The van der Waals surface area contributed by atoms with Crippen molar-refractivity contribution >= 4 is 44.6 Å². The lowest BCUT2D eigenvalue weighted by molar-refractivity contribution is 0.588. The molecule has 1 aliphatic rings. The number of fused-ring (bicyclic) bond motifs is 4. The predicted molar refractivity (Wildman–Crippen MR) is 373 cm³/mol. The maximum absolute atomic E-state index is 5.16. The Hall–Kier alpha value is -10.0. The van der Waals surface area contributed by atoms with Crippen molar-refractivity contribution in [3.8, 4) is 5.82 Å². The van der Waals surface area contributed by atoms with Crippen LogP contribution < -0.4 is 9.80 Å². The van der Waals surface area contributed by atoms with E-state index >= 15 is 0 Å². The predicted octanol–water partition coefficient (Wildman–Crippen LogP) is 21.1. The van der Waals surface area contributed by atoms with Crippen LogP contribution >= 0.6 is 0 Å². The highest BCUT2D eigenvalue weighted by Gasteiger charge is 2.39. The number of benzene rings is 11. The highest BCUT2D eigenvalue weighted by atomic mass is 15.4. The second-order valence-electron chi connectivity index (χ2n) is 26.5. The Morgan fingerprint density at radius 3 is 1.16 bits per heavy atom. The lowest BCUT2D eigenvalue weighted by Crippen LogP contribution is -2.30. The van der Waals surface area contributed by atoms with E-state index < -0.39 is 21.7 Å². The van der Waals surface area contributed by atoms with E-state index in [4.69, 9.17) is 4.98 Å². The average molecular weight is 1150 g/mol. The first kappa shape index (κ1) is 56.8. The second kappa shape index (κ2) is 22.3. The van der Waals surface area contributed by atoms with Crippen molar-refractivity contribution in [1.29, 1.82) is 0 Å². The number of anilines is 4. The smallest absolute Gasteiger partial charge is 0.137 e. The maximum atomic E-state index is 5.16. The zero-order chi connectivity index (χ0) is 61.1. The zero-order valence-electron chi connectivity index (χ0n) is 52.4. The van der Waals surface area contributed by atoms with Gasteiger partial charge in [-0.25, -0.2) is 4.98 Å². The normalized spacial score (nSPS) is 13.1. The monoisotopic (exact) mass is 1150 g/mol. The molecule has 11 aromatic carbocycles. The third-order valence-electron chi connectivity index (χ3n) is 20.0. The molecule has 0 atom stereocenters. The van der Waals surface area contributed by atoms with E-state index in [9.17, 15) is 0 Å². The van der Waals surface area contributed by atoms with Gasteiger partial charge in [-0.3, -0.25) is 4.57 Å². The molecule has 0 spiro atoms. The summed E-state index contributed by atoms with van der Waals surface area (Å²) in [5.41, 5.74) is 19.9. The van der Waals surface area contributed by atoms with Crippen molar-refractivity contribution in [2.45, 2.75) is 82.5 Å². The lowest BCUT2D eigenvalue weighted by Gasteiger charge is -2.37. The first-order valence-electron chi connectivity index (χ1n) is 31.4. The fraction of sp³-hybridized carbons (Fsp3) is 0.165. The summed E-state index contributed by atoms with van der Waals surface area (Å²) in [4.78, 5) is 10.2. The number of hydrogen-bond acceptors (Lipinski definition) is 3. The topological polar surface area (TPSA) is 24.3 Å². The van der Waals surface area contributed by atoms with Gasteiger partial charge in [-0.2, -0.15) is 0 Å². The molecule has 4 heteroatoms. The fourth-order valence-corrected chi connectivity index (χ4v) is 14.3. The summed E-state index contributed by atoms with van der Waals surface area (Å²) in [6, 6.07) is 111. The molecule has 89 heavy (non-hydrogen) atoms. The summed E-state index contributed by atoms with van der Waals surface area (Å²) in [6.45, 7) is 19.4. The molecule has 0 aliphatic carbocycles. The molecule has 0 unspecified atom stereocenters. The third-order valence-corrected chi connectivity index (χ3v) is 20.0. The molecule has 0 fully saturated rings. The number of hydrogen-bond donors (Lipinski definition) is 0. The minimum atomic E-state index is -0.500. The number of aromatic nitrogens is 2. The van der Waals surface area contributed by atoms with Crippen LogP contribution in [-0.4, -0.2) is 16.2 Å². The van der Waals surface area contributed by atoms with Crippen molar-refractivity contribution < 1.29 is 0 Å². The van der Waals surface area contributed by atoms with Gasteiger partial charge < -0.3 is 9.80 Å². The molecule has 14 rings (SSSR count). The Kier molecular flexibility index (Phi) is 14.2. The molecule has 436 valence electrons. The van der Waals surface area contributed by atoms with Crippen LogP contribution in [0, 0.1) is 0 Å². The SMILES string of the molecule is CC(C)(C)c1ccnc(-n2c3ccc(C(C)(c4ccccc4)c4ccccc4)cc3c3ccc(C(C)(C)c4cccc(N5CN(c6cc(C(C)(c7ccccc7)c7ccccc7)cc(C(C)(c7ccccc7)c7ccccc7)c6)c6ccccc65)c4)cc32)c1. The van der Waals surface area contributed by atoms with Gasteiger partial charge in [0, 0.05) is 50.0 Å². The van der Waals surface area contributed by atoms with E-state index in [2.05, 4.69) is 367 Å². The molecule has 13 aromatic rings. The van der Waals surface area contributed by atoms with E-state index in [1.165, 1.54) is 88.9 Å². The molecule has 0 radical (unpaired) electrons. The Morgan fingerprint density at radius 1 is 0.281 bits per heavy atom. The molecule has 0 N–H and O–H groups in total. The van der Waals surface area contributed by atoms with Gasteiger partial charge in [0.1, 0.15) is 12.5 Å². The van der Waals surface area contributed by atoms with Crippen LogP contribution in [0.25, 0.3) is 27.6 Å². The van der Waals surface area contributed by atoms with Crippen LogP contribution in [0.4, 0.5) is 22.7 Å². The molecular formula is C85H76N4. The highest BCUT2D eigenvalue weighted by Crippen LogP contribution is 2.51. The number of nitrogens with zero attached hydrogens (tertiary/aromatic N) is 4. The van der Waals surface area contributed by atoms with Crippen LogP contribution in [0.15, 0.2) is 303 Å². The Bertz CT molecular complexity index is 4450. The van der Waals surface area contributed by atoms with Gasteiger partial charge >= 0.3 is 0 Å². The number of para-hydroxylation sites is 2. The summed E-state index contributed by atoms with van der Waals surface area (Å²) in [7, 11) is 0. The molecule has 4 nitrogen and oxygen atoms in total. The van der Waals surface area contributed by atoms with E-state index in [1.54, 1.807) is 0 Å². The van der Waals surface area contributed by atoms with Crippen molar-refractivity contribution in [3.05, 3.63) is 370 Å². The number of pyridine rings is 1. The first-order chi connectivity index (χ1) is 43.1. The van der Waals surface area contributed by atoms with E-state index in [-0.39, 0.29) is 5.41 Å². The van der Waals surface area contributed by atoms with Crippen LogP contribution in [0.1, 0.15) is 122 Å². The molecule has 0 saturated carbocycles. The van der Waals surface area contributed by atoms with Crippen LogP contribution in [0.3, 0.4) is 0 Å². The minimum Gasteiger partial charge on any atom is -0.321 e. The van der Waals surface area contributed by atoms with E-state index in [0.29, 0.717) is 6.67 Å². The first-order valence-corrected chi connectivity index (χ1v) is 31.4. The van der Waals surface area contributed by atoms with Crippen molar-refractivity contribution in [2.75, 3.05) is 16.5 Å². The van der Waals surface area contributed by atoms with Gasteiger partial charge in [0.25, 0.3) is 0 Å². The Labute approximate surface area is 526 Å². The second-order valence-corrected chi connectivity index (χ2v) is 26.5. The fourth-order valence-electron chi connectivity index (χ4n) is 14.3. The van der Waals surface area contributed by atoms with Gasteiger partial charge in [0.2, 0.25) is 0 Å². The van der Waals surface area contributed by atoms with Gasteiger partial charge in [-0.15, -0.1) is 0 Å². The van der Waals surface area contributed by atoms with Crippen LogP contribution in [-0.2, 0) is 27.1 Å². The quantitative estimate of drug-likeness (QED) is 0.101. The van der Waals surface area contributed by atoms with E-state index in [1.807, 2.05) is 6.20 Å². The zero-order valence-corrected chi connectivity index (χ0v) is 52.4. The lowest BCUT2D eigenvalue weighted by atomic mass is 9.67. The van der Waals surface area contributed by atoms with Crippen molar-refractivity contribution in [2.24, 2.45) is 0 Å². The summed E-state index contributed by atoms with van der Waals surface area (Å²) < 4.78 is 2.41. The Balaban J connectivity index is 0.895. The molecule has 0 saturated heterocycles. The molecule has 3 heterocycles. The van der Waals surface area contributed by atoms with Gasteiger partial charge in [0.15, 0.2) is 0 Å². The summed E-state index contributed by atoms with van der Waals surface area (Å²) in [5, 5.41) is 2.40. The molecule has 0 amide bonds. The van der Waals surface area contributed by atoms with Crippen molar-refractivity contribution in [3.63, 3.8) is 0 Å². The van der Waals surface area contributed by atoms with Crippen LogP contribution in [0.5, 0.6) is 0 Å². The maximum Gasteiger partial charge on any atom is 0.137 e.